The van der Waals surface area contributed by atoms with Crippen LogP contribution >= 0.6 is 27.7 Å². The molecule has 9 heteroatoms. The Hall–Kier alpha value is -2.52. The normalized spacial score (nSPS) is 16.9. The molecule has 0 spiro atoms. The summed E-state index contributed by atoms with van der Waals surface area (Å²) < 4.78 is 12.1. The fraction of sp³-hybridized carbons (Fsp3) is 0.375. The van der Waals surface area contributed by atoms with Crippen LogP contribution in [-0.2, 0) is 4.79 Å². The first-order valence-corrected chi connectivity index (χ1v) is 12.8. The van der Waals surface area contributed by atoms with Crippen molar-refractivity contribution >= 4 is 44.5 Å². The number of carbonyl (C=O) groups is 1. The Labute approximate surface area is 206 Å². The second-order valence-electron chi connectivity index (χ2n) is 7.60. The number of halogens is 1. The van der Waals surface area contributed by atoms with Gasteiger partial charge in [-0.05, 0) is 47.5 Å². The largest absolute Gasteiger partial charge is 0.492 e. The Morgan fingerprint density at radius 2 is 2.03 bits per heavy atom. The van der Waals surface area contributed by atoms with Crippen molar-refractivity contribution in [2.75, 3.05) is 19.5 Å². The zero-order chi connectivity index (χ0) is 23.4. The third kappa shape index (κ3) is 4.89. The van der Waals surface area contributed by atoms with Gasteiger partial charge in [-0.1, -0.05) is 49.7 Å². The van der Waals surface area contributed by atoms with Crippen molar-refractivity contribution in [3.8, 4) is 11.5 Å². The highest BCUT2D eigenvalue weighted by atomic mass is 79.9. The van der Waals surface area contributed by atoms with E-state index in [1.54, 1.807) is 23.9 Å². The Morgan fingerprint density at radius 3 is 2.79 bits per heavy atom. The van der Waals surface area contributed by atoms with Crippen LogP contribution in [0.1, 0.15) is 44.8 Å². The van der Waals surface area contributed by atoms with Gasteiger partial charge in [-0.3, -0.25) is 15.1 Å². The van der Waals surface area contributed by atoms with Gasteiger partial charge in [0.2, 0.25) is 0 Å². The lowest BCUT2D eigenvalue weighted by atomic mass is 10.1. The van der Waals surface area contributed by atoms with Crippen molar-refractivity contribution in [1.29, 1.82) is 0 Å². The van der Waals surface area contributed by atoms with Gasteiger partial charge in [0.25, 0.3) is 5.91 Å². The molecule has 1 atom stereocenters. The number of rotatable bonds is 8. The van der Waals surface area contributed by atoms with Crippen LogP contribution in [0.4, 0.5) is 0 Å². The molecule has 0 aromatic heterocycles. The number of fused-ring (bicyclic) bond motifs is 2. The van der Waals surface area contributed by atoms with E-state index in [0.29, 0.717) is 29.0 Å². The van der Waals surface area contributed by atoms with Gasteiger partial charge in [0.05, 0.1) is 23.5 Å². The monoisotopic (exact) mass is 530 g/mol. The number of thioether (sulfide) groups is 1. The molecule has 2 aliphatic heterocycles. The Kier molecular flexibility index (Phi) is 7.60. The van der Waals surface area contributed by atoms with Crippen LogP contribution in [0.2, 0.25) is 0 Å². The lowest BCUT2D eigenvalue weighted by molar-refractivity contribution is -0.116. The molecule has 4 rings (SSSR count). The lowest BCUT2D eigenvalue weighted by Crippen LogP contribution is -2.50. The van der Waals surface area contributed by atoms with Crippen LogP contribution < -0.4 is 25.4 Å². The lowest BCUT2D eigenvalue weighted by Gasteiger charge is -2.34. The van der Waals surface area contributed by atoms with Gasteiger partial charge in [-0.2, -0.15) is 0 Å². The number of benzene rings is 2. The third-order valence-electron chi connectivity index (χ3n) is 5.34. The van der Waals surface area contributed by atoms with Gasteiger partial charge in [0, 0.05) is 16.5 Å². The molecule has 2 aliphatic rings. The molecule has 2 heterocycles. The van der Waals surface area contributed by atoms with Crippen LogP contribution in [0.15, 0.2) is 51.0 Å². The first-order chi connectivity index (χ1) is 16.1. The first kappa shape index (κ1) is 23.6. The smallest absolute Gasteiger partial charge is 0.276 e. The fourth-order valence-electron chi connectivity index (χ4n) is 3.83. The number of hydrogen-bond donors (Lipinski definition) is 1. The van der Waals surface area contributed by atoms with Crippen LogP contribution in [0.25, 0.3) is 5.70 Å². The van der Waals surface area contributed by atoms with Crippen LogP contribution in [-0.4, -0.2) is 35.6 Å². The second-order valence-corrected chi connectivity index (χ2v) is 9.53. The maximum atomic E-state index is 13.2. The van der Waals surface area contributed by atoms with E-state index < -0.39 is 6.17 Å². The van der Waals surface area contributed by atoms with Crippen LogP contribution in [0.5, 0.6) is 11.5 Å². The van der Waals surface area contributed by atoms with E-state index >= 15 is 0 Å². The number of nitrogens with zero attached hydrogens (tertiary/aromatic N) is 3. The molecule has 0 saturated heterocycles. The number of carbonyl (C=O) groups excluding carboxylic acids is 1. The SMILES string of the molecule is CCCCCSC1=NN2C(=c3ccccc3=N[C@@H]2c2cc(Br)c(OC)c(OCC)c2)C(=O)N1. The highest BCUT2D eigenvalue weighted by Gasteiger charge is 2.35. The van der Waals surface area contributed by atoms with Crippen LogP contribution in [0, 0.1) is 0 Å². The van der Waals surface area contributed by atoms with Crippen LogP contribution in [0.3, 0.4) is 0 Å². The van der Waals surface area contributed by atoms with Crippen molar-refractivity contribution in [3.63, 3.8) is 0 Å². The number of nitrogens with one attached hydrogen (secondary N) is 1. The van der Waals surface area contributed by atoms with Gasteiger partial charge >= 0.3 is 0 Å². The average Bonchev–Trinajstić information content (AvgIpc) is 2.81. The van der Waals surface area contributed by atoms with E-state index in [1.165, 1.54) is 0 Å². The summed E-state index contributed by atoms with van der Waals surface area (Å²) >= 11 is 5.16. The summed E-state index contributed by atoms with van der Waals surface area (Å²) in [4.78, 5) is 18.2. The zero-order valence-electron chi connectivity index (χ0n) is 18.9. The zero-order valence-corrected chi connectivity index (χ0v) is 21.3. The molecule has 1 N–H and O–H groups in total. The Morgan fingerprint density at radius 1 is 1.21 bits per heavy atom. The number of para-hydroxylation sites is 1. The topological polar surface area (TPSA) is 75.5 Å². The molecule has 0 aliphatic carbocycles. The van der Waals surface area contributed by atoms with E-state index in [-0.39, 0.29) is 5.91 Å². The average molecular weight is 531 g/mol. The summed E-state index contributed by atoms with van der Waals surface area (Å²) in [5, 5.41) is 11.6. The number of hydrazone groups is 1. The molecular formula is C24H27BrN4O3S. The number of unbranched alkanes of at least 4 members (excludes halogenated alkanes) is 2. The van der Waals surface area contributed by atoms with Crippen molar-refractivity contribution in [3.05, 3.63) is 57.0 Å². The molecule has 2 aromatic rings. The molecular weight excluding hydrogens is 504 g/mol. The molecule has 7 nitrogen and oxygen atoms in total. The minimum absolute atomic E-state index is 0.173. The van der Waals surface area contributed by atoms with E-state index in [1.807, 2.05) is 43.3 Å². The molecule has 0 unspecified atom stereocenters. The summed E-state index contributed by atoms with van der Waals surface area (Å²) in [6.45, 7) is 4.60. The van der Waals surface area contributed by atoms with Gasteiger partial charge in [-0.25, -0.2) is 5.01 Å². The minimum Gasteiger partial charge on any atom is -0.492 e. The molecule has 0 radical (unpaired) electrons. The number of amides is 1. The van der Waals surface area contributed by atoms with Crippen molar-refractivity contribution in [1.82, 2.24) is 10.3 Å². The van der Waals surface area contributed by atoms with Crippen molar-refractivity contribution in [2.24, 2.45) is 10.1 Å². The third-order valence-corrected chi connectivity index (χ3v) is 6.88. The summed E-state index contributed by atoms with van der Waals surface area (Å²) in [6.07, 6.45) is 2.86. The van der Waals surface area contributed by atoms with E-state index in [2.05, 4.69) is 28.2 Å². The molecule has 1 amide bonds. The number of amidine groups is 1. The van der Waals surface area contributed by atoms with Gasteiger partial charge in [0.15, 0.2) is 22.8 Å². The quantitative estimate of drug-likeness (QED) is 0.523. The standard InChI is InChI=1S/C24H27BrN4O3S/c1-4-6-9-12-33-24-27-23(30)20-16-10-7-8-11-18(16)26-22(29(20)28-24)15-13-17(25)21(31-3)19(14-15)32-5-2/h7-8,10-11,13-14,22H,4-6,9,12H2,1-3H3,(H,27,28,30)/t22-/m0/s1. The highest BCUT2D eigenvalue weighted by Crippen LogP contribution is 2.41. The summed E-state index contributed by atoms with van der Waals surface area (Å²) in [7, 11) is 1.61. The maximum Gasteiger partial charge on any atom is 0.276 e. The predicted molar refractivity (Wildman–Crippen MR) is 135 cm³/mol. The number of methoxy groups -OCH3 is 1. The first-order valence-electron chi connectivity index (χ1n) is 11.1. The summed E-state index contributed by atoms with van der Waals surface area (Å²) in [5.41, 5.74) is 1.33. The molecule has 0 bridgehead atoms. The molecule has 2 aromatic carbocycles. The number of ether oxygens (including phenoxy) is 2. The highest BCUT2D eigenvalue weighted by molar-refractivity contribution is 9.10. The molecule has 0 fully saturated rings. The van der Waals surface area contributed by atoms with E-state index in [0.717, 1.165) is 45.6 Å². The van der Waals surface area contributed by atoms with Gasteiger partial charge in [0.1, 0.15) is 5.70 Å². The molecule has 33 heavy (non-hydrogen) atoms. The van der Waals surface area contributed by atoms with Crippen molar-refractivity contribution < 1.29 is 14.3 Å². The predicted octanol–water partition coefficient (Wildman–Crippen LogP) is 3.92. The van der Waals surface area contributed by atoms with E-state index in [9.17, 15) is 4.79 Å². The molecule has 174 valence electrons. The second kappa shape index (κ2) is 10.6. The fourth-order valence-corrected chi connectivity index (χ4v) is 5.30. The van der Waals surface area contributed by atoms with Gasteiger partial charge < -0.3 is 9.47 Å². The summed E-state index contributed by atoms with van der Waals surface area (Å²) in [5.74, 6) is 1.96. The Bertz CT molecular complexity index is 1200. The van der Waals surface area contributed by atoms with Crippen molar-refractivity contribution in [2.45, 2.75) is 39.3 Å². The summed E-state index contributed by atoms with van der Waals surface area (Å²) in [6, 6.07) is 11.5. The minimum atomic E-state index is -0.520. The maximum absolute atomic E-state index is 13.2. The van der Waals surface area contributed by atoms with E-state index in [4.69, 9.17) is 19.6 Å². The molecule has 0 saturated carbocycles. The Balaban J connectivity index is 1.82. The van der Waals surface area contributed by atoms with Gasteiger partial charge in [-0.15, -0.1) is 5.10 Å². The number of hydrogen-bond acceptors (Lipinski definition) is 7.